The highest BCUT2D eigenvalue weighted by atomic mass is 16.5. The van der Waals surface area contributed by atoms with Gasteiger partial charge in [0.25, 0.3) is 0 Å². The quantitative estimate of drug-likeness (QED) is 0.0383. The van der Waals surface area contributed by atoms with Crippen LogP contribution < -0.4 is 0 Å². The van der Waals surface area contributed by atoms with Gasteiger partial charge >= 0.3 is 5.97 Å². The van der Waals surface area contributed by atoms with Gasteiger partial charge in [-0.1, -0.05) is 243 Å². The Kier molecular flexibility index (Phi) is 47.9. The van der Waals surface area contributed by atoms with E-state index in [1.807, 2.05) is 0 Å². The zero-order valence-electron chi connectivity index (χ0n) is 36.2. The van der Waals surface area contributed by atoms with Gasteiger partial charge in [0.2, 0.25) is 0 Å². The van der Waals surface area contributed by atoms with Gasteiger partial charge in [0.1, 0.15) is 0 Å². The van der Waals surface area contributed by atoms with Gasteiger partial charge in [0.15, 0.2) is 0 Å². The second-order valence-electron chi connectivity index (χ2n) is 16.5. The van der Waals surface area contributed by atoms with E-state index in [1.54, 1.807) is 0 Å². The van der Waals surface area contributed by atoms with Crippen molar-refractivity contribution in [3.63, 3.8) is 0 Å². The van der Waals surface area contributed by atoms with Crippen LogP contribution in [0.3, 0.4) is 0 Å². The Morgan fingerprint density at radius 1 is 0.377 bits per heavy atom. The first-order valence-electron chi connectivity index (χ1n) is 24.4. The molecule has 0 radical (unpaired) electrons. The highest BCUT2D eigenvalue weighted by Gasteiger charge is 2.03. The molecule has 0 amide bonds. The summed E-state index contributed by atoms with van der Waals surface area (Å²) in [6.45, 7) is 3.24. The molecule has 0 heterocycles. The lowest BCUT2D eigenvalue weighted by Gasteiger charge is -2.06. The highest BCUT2D eigenvalue weighted by molar-refractivity contribution is 5.69. The highest BCUT2D eigenvalue weighted by Crippen LogP contribution is 2.17. The van der Waals surface area contributed by atoms with E-state index in [2.05, 4.69) is 31.2 Å². The second kappa shape index (κ2) is 48.9. The van der Waals surface area contributed by atoms with Crippen molar-refractivity contribution in [2.75, 3.05) is 13.2 Å². The van der Waals surface area contributed by atoms with Crippen molar-refractivity contribution in [1.82, 2.24) is 0 Å². The van der Waals surface area contributed by atoms with E-state index in [-0.39, 0.29) is 5.97 Å². The molecule has 3 nitrogen and oxygen atoms in total. The number of carbonyl (C=O) groups is 1. The third kappa shape index (κ3) is 48.9. The maximum atomic E-state index is 12.0. The second-order valence-corrected chi connectivity index (χ2v) is 16.5. The smallest absolute Gasteiger partial charge is 0.305 e. The zero-order valence-corrected chi connectivity index (χ0v) is 36.2. The largest absolute Gasteiger partial charge is 0.466 e. The summed E-state index contributed by atoms with van der Waals surface area (Å²) in [6.07, 6.45) is 64.6. The van der Waals surface area contributed by atoms with Crippen molar-refractivity contribution in [2.45, 2.75) is 277 Å². The van der Waals surface area contributed by atoms with E-state index in [9.17, 15) is 4.79 Å². The Morgan fingerprint density at radius 3 is 1.04 bits per heavy atom. The molecular weight excluding hydrogens is 649 g/mol. The Balaban J connectivity index is 3.16. The number of aliphatic hydroxyl groups is 1. The molecule has 0 saturated heterocycles. The monoisotopic (exact) mass is 745 g/mol. The fourth-order valence-electron chi connectivity index (χ4n) is 7.50. The van der Waals surface area contributed by atoms with Crippen molar-refractivity contribution >= 4 is 5.97 Å². The molecule has 0 aromatic carbocycles. The van der Waals surface area contributed by atoms with Gasteiger partial charge in [-0.05, 0) is 51.4 Å². The minimum absolute atomic E-state index is 0.0118. The van der Waals surface area contributed by atoms with E-state index in [0.717, 1.165) is 32.1 Å². The molecule has 0 bridgehead atoms. The molecule has 0 unspecified atom stereocenters. The number of hydrogen-bond acceptors (Lipinski definition) is 3. The van der Waals surface area contributed by atoms with Crippen LogP contribution in [-0.2, 0) is 9.53 Å². The average Bonchev–Trinajstić information content (AvgIpc) is 3.16. The van der Waals surface area contributed by atoms with Crippen LogP contribution in [-0.4, -0.2) is 24.3 Å². The van der Waals surface area contributed by atoms with Crippen LogP contribution >= 0.6 is 0 Å². The van der Waals surface area contributed by atoms with Crippen LogP contribution in [0.25, 0.3) is 0 Å². The number of hydrogen-bond donors (Lipinski definition) is 1. The number of rotatable bonds is 46. The van der Waals surface area contributed by atoms with Crippen molar-refractivity contribution in [2.24, 2.45) is 0 Å². The normalized spacial score (nSPS) is 11.8. The van der Waals surface area contributed by atoms with Crippen molar-refractivity contribution < 1.29 is 14.6 Å². The van der Waals surface area contributed by atoms with E-state index in [1.165, 1.54) is 231 Å². The topological polar surface area (TPSA) is 46.5 Å². The molecule has 0 aromatic rings. The summed E-state index contributed by atoms with van der Waals surface area (Å²) in [6, 6.07) is 0. The van der Waals surface area contributed by atoms with Gasteiger partial charge in [-0.15, -0.1) is 0 Å². The SMILES string of the molecule is CCCCC/C=C\C/C=C\CCCCCCCC(=O)OCCCCCCCCCCCCCCCCCCCCCCCCCCCCCCCCO. The molecule has 0 rings (SSSR count). The van der Waals surface area contributed by atoms with Gasteiger partial charge in [-0.25, -0.2) is 0 Å². The fraction of sp³-hybridized carbons (Fsp3) is 0.900. The minimum Gasteiger partial charge on any atom is -0.466 e. The van der Waals surface area contributed by atoms with Gasteiger partial charge in [0.05, 0.1) is 6.61 Å². The lowest BCUT2D eigenvalue weighted by molar-refractivity contribution is -0.143. The van der Waals surface area contributed by atoms with E-state index < -0.39 is 0 Å². The molecule has 53 heavy (non-hydrogen) atoms. The summed E-state index contributed by atoms with van der Waals surface area (Å²) in [5.74, 6) is 0.0118. The Morgan fingerprint density at radius 2 is 0.679 bits per heavy atom. The van der Waals surface area contributed by atoms with E-state index in [4.69, 9.17) is 9.84 Å². The van der Waals surface area contributed by atoms with Gasteiger partial charge in [-0.3, -0.25) is 4.79 Å². The number of carbonyl (C=O) groups excluding carboxylic acids is 1. The van der Waals surface area contributed by atoms with Crippen LogP contribution in [0.1, 0.15) is 277 Å². The maximum absolute atomic E-state index is 12.0. The lowest BCUT2D eigenvalue weighted by Crippen LogP contribution is -2.05. The minimum atomic E-state index is 0.0118. The third-order valence-corrected chi connectivity index (χ3v) is 11.1. The van der Waals surface area contributed by atoms with Gasteiger partial charge < -0.3 is 9.84 Å². The average molecular weight is 745 g/mol. The zero-order chi connectivity index (χ0) is 38.2. The Bertz CT molecular complexity index is 728. The predicted octanol–water partition coefficient (Wildman–Crippen LogP) is 17.0. The Hall–Kier alpha value is -1.09. The molecule has 0 aliphatic rings. The summed E-state index contributed by atoms with van der Waals surface area (Å²) in [5.41, 5.74) is 0. The molecule has 0 aliphatic carbocycles. The molecule has 0 spiro atoms. The molecule has 0 aromatic heterocycles. The first-order valence-corrected chi connectivity index (χ1v) is 24.4. The number of unbranched alkanes of at least 4 members (excludes halogenated alkanes) is 37. The first kappa shape index (κ1) is 51.9. The summed E-state index contributed by atoms with van der Waals surface area (Å²) in [5, 5.41) is 8.81. The standard InChI is InChI=1S/C50H96O3/c1-2-3-4-5-6-7-8-9-26-29-32-35-38-41-44-47-50(52)53-49-46-43-40-37-34-31-28-25-23-21-19-17-15-13-11-10-12-14-16-18-20-22-24-27-30-33-36-39-42-45-48-51/h6-7,9,26,51H,2-5,8,10-25,27-49H2,1H3/b7-6-,26-9-. The van der Waals surface area contributed by atoms with Crippen LogP contribution in [0.2, 0.25) is 0 Å². The molecule has 1 N–H and O–H groups in total. The molecule has 3 heteroatoms. The molecular formula is C50H96O3. The van der Waals surface area contributed by atoms with Crippen LogP contribution in [0.4, 0.5) is 0 Å². The third-order valence-electron chi connectivity index (χ3n) is 11.1. The summed E-state index contributed by atoms with van der Waals surface area (Å²) in [4.78, 5) is 12.0. The number of allylic oxidation sites excluding steroid dienone is 4. The number of aliphatic hydroxyl groups excluding tert-OH is 1. The molecule has 0 saturated carbocycles. The predicted molar refractivity (Wildman–Crippen MR) is 236 cm³/mol. The van der Waals surface area contributed by atoms with E-state index >= 15 is 0 Å². The molecule has 0 aliphatic heterocycles. The summed E-state index contributed by atoms with van der Waals surface area (Å²) in [7, 11) is 0. The molecule has 314 valence electrons. The lowest BCUT2D eigenvalue weighted by atomic mass is 10.0. The van der Waals surface area contributed by atoms with Gasteiger partial charge in [-0.2, -0.15) is 0 Å². The Labute approximate surface area is 333 Å². The molecule has 0 atom stereocenters. The van der Waals surface area contributed by atoms with Crippen LogP contribution in [0.5, 0.6) is 0 Å². The van der Waals surface area contributed by atoms with E-state index in [0.29, 0.717) is 19.6 Å². The number of esters is 1. The summed E-state index contributed by atoms with van der Waals surface area (Å²) < 4.78 is 5.47. The van der Waals surface area contributed by atoms with Crippen LogP contribution in [0, 0.1) is 0 Å². The summed E-state index contributed by atoms with van der Waals surface area (Å²) >= 11 is 0. The number of ether oxygens (including phenoxy) is 1. The first-order chi connectivity index (χ1) is 26.3. The van der Waals surface area contributed by atoms with Crippen molar-refractivity contribution in [1.29, 1.82) is 0 Å². The molecule has 0 fully saturated rings. The van der Waals surface area contributed by atoms with Crippen molar-refractivity contribution in [3.8, 4) is 0 Å². The van der Waals surface area contributed by atoms with Crippen molar-refractivity contribution in [3.05, 3.63) is 24.3 Å². The van der Waals surface area contributed by atoms with Gasteiger partial charge in [0, 0.05) is 13.0 Å². The van der Waals surface area contributed by atoms with Crippen LogP contribution in [0.15, 0.2) is 24.3 Å². The fourth-order valence-corrected chi connectivity index (χ4v) is 7.50. The maximum Gasteiger partial charge on any atom is 0.305 e.